The van der Waals surface area contributed by atoms with E-state index < -0.39 is 0 Å². The van der Waals surface area contributed by atoms with E-state index >= 15 is 0 Å². The predicted molar refractivity (Wildman–Crippen MR) is 86.2 cm³/mol. The Hall–Kier alpha value is -1.43. The Balaban J connectivity index is 2.20. The fraction of sp³-hybridized carbons (Fsp3) is 0.188. The third-order valence-electron chi connectivity index (χ3n) is 3.16. The van der Waals surface area contributed by atoms with Crippen molar-refractivity contribution in [3.63, 3.8) is 0 Å². The van der Waals surface area contributed by atoms with Crippen molar-refractivity contribution >= 4 is 28.5 Å². The fourth-order valence-corrected chi connectivity index (χ4v) is 2.61. The number of aryl methyl sites for hydroxylation is 1. The van der Waals surface area contributed by atoms with Crippen LogP contribution in [0.25, 0.3) is 0 Å². The first-order chi connectivity index (χ1) is 9.50. The zero-order valence-corrected chi connectivity index (χ0v) is 13.4. The maximum atomic E-state index is 13.7. The first-order valence-electron chi connectivity index (χ1n) is 6.31. The molecule has 0 spiro atoms. The molecule has 2 aromatic rings. The Morgan fingerprint density at radius 1 is 1.20 bits per heavy atom. The second kappa shape index (κ2) is 6.35. The maximum absolute atomic E-state index is 13.7. The van der Waals surface area contributed by atoms with E-state index in [0.717, 1.165) is 9.13 Å². The van der Waals surface area contributed by atoms with Gasteiger partial charge in [-0.25, -0.2) is 4.39 Å². The van der Waals surface area contributed by atoms with Gasteiger partial charge in [-0.15, -0.1) is 0 Å². The van der Waals surface area contributed by atoms with Crippen molar-refractivity contribution in [1.29, 1.82) is 0 Å². The van der Waals surface area contributed by atoms with Crippen molar-refractivity contribution in [3.05, 3.63) is 68.5 Å². The van der Waals surface area contributed by atoms with Crippen molar-refractivity contribution < 1.29 is 9.18 Å². The van der Waals surface area contributed by atoms with Crippen LogP contribution in [0.5, 0.6) is 0 Å². The molecule has 2 nitrogen and oxygen atoms in total. The van der Waals surface area contributed by atoms with Gasteiger partial charge in [-0.05, 0) is 54.1 Å². The first kappa shape index (κ1) is 15.0. The molecule has 4 heteroatoms. The minimum atomic E-state index is -0.375. The minimum Gasteiger partial charge on any atom is -0.345 e. The van der Waals surface area contributed by atoms with Crippen LogP contribution in [0.15, 0.2) is 42.5 Å². The standard InChI is InChI=1S/C16H15FINO/c1-10-6-5-8-13(15(10)18)16(20)19-11(2)12-7-3-4-9-14(12)17/h3-9,11H,1-2H3,(H,19,20). The highest BCUT2D eigenvalue weighted by molar-refractivity contribution is 14.1. The summed E-state index contributed by atoms with van der Waals surface area (Å²) in [5.74, 6) is -0.493. The van der Waals surface area contributed by atoms with Crippen molar-refractivity contribution in [3.8, 4) is 0 Å². The average Bonchev–Trinajstić information content (AvgIpc) is 2.42. The lowest BCUT2D eigenvalue weighted by Gasteiger charge is -2.16. The zero-order valence-electron chi connectivity index (χ0n) is 11.3. The Kier molecular flexibility index (Phi) is 4.75. The summed E-state index contributed by atoms with van der Waals surface area (Å²) in [6.07, 6.45) is 0. The van der Waals surface area contributed by atoms with E-state index in [9.17, 15) is 9.18 Å². The average molecular weight is 383 g/mol. The predicted octanol–water partition coefficient (Wildman–Crippen LogP) is 4.23. The Bertz CT molecular complexity index is 642. The normalized spacial score (nSPS) is 12.0. The van der Waals surface area contributed by atoms with E-state index in [1.54, 1.807) is 31.2 Å². The van der Waals surface area contributed by atoms with Gasteiger partial charge in [0.1, 0.15) is 5.82 Å². The van der Waals surface area contributed by atoms with Gasteiger partial charge in [0, 0.05) is 9.13 Å². The number of rotatable bonds is 3. The van der Waals surface area contributed by atoms with Crippen molar-refractivity contribution in [2.75, 3.05) is 0 Å². The van der Waals surface area contributed by atoms with Gasteiger partial charge in [0.2, 0.25) is 0 Å². The quantitative estimate of drug-likeness (QED) is 0.790. The van der Waals surface area contributed by atoms with Crippen molar-refractivity contribution in [2.24, 2.45) is 0 Å². The lowest BCUT2D eigenvalue weighted by molar-refractivity contribution is 0.0938. The Morgan fingerprint density at radius 3 is 2.60 bits per heavy atom. The second-order valence-electron chi connectivity index (χ2n) is 4.65. The molecule has 2 rings (SSSR count). The van der Waals surface area contributed by atoms with Crippen LogP contribution >= 0.6 is 22.6 Å². The van der Waals surface area contributed by atoms with Gasteiger partial charge < -0.3 is 5.32 Å². The molecule has 1 atom stereocenters. The van der Waals surface area contributed by atoms with Crippen LogP contribution in [-0.4, -0.2) is 5.91 Å². The molecule has 0 aromatic heterocycles. The molecule has 1 unspecified atom stereocenters. The molecule has 0 radical (unpaired) electrons. The minimum absolute atomic E-state index is 0.186. The van der Waals surface area contributed by atoms with E-state index in [0.29, 0.717) is 11.1 Å². The summed E-state index contributed by atoms with van der Waals surface area (Å²) in [5.41, 5.74) is 2.16. The van der Waals surface area contributed by atoms with E-state index in [1.807, 2.05) is 19.1 Å². The van der Waals surface area contributed by atoms with Crippen molar-refractivity contribution in [2.45, 2.75) is 19.9 Å². The molecular formula is C16H15FINO. The summed E-state index contributed by atoms with van der Waals surface area (Å²) >= 11 is 2.15. The smallest absolute Gasteiger partial charge is 0.252 e. The summed E-state index contributed by atoms with van der Waals surface area (Å²) in [6.45, 7) is 3.73. The molecule has 0 bridgehead atoms. The van der Waals surface area contributed by atoms with Crippen LogP contribution in [0, 0.1) is 16.3 Å². The lowest BCUT2D eigenvalue weighted by Crippen LogP contribution is -2.28. The van der Waals surface area contributed by atoms with Gasteiger partial charge in [0.25, 0.3) is 5.91 Å². The summed E-state index contributed by atoms with van der Waals surface area (Å²) in [7, 11) is 0. The van der Waals surface area contributed by atoms with Gasteiger partial charge in [-0.2, -0.15) is 0 Å². The number of hydrogen-bond acceptors (Lipinski definition) is 1. The highest BCUT2D eigenvalue weighted by atomic mass is 127. The highest BCUT2D eigenvalue weighted by Crippen LogP contribution is 2.20. The van der Waals surface area contributed by atoms with E-state index in [-0.39, 0.29) is 17.8 Å². The number of amides is 1. The summed E-state index contributed by atoms with van der Waals surface area (Å²) in [4.78, 5) is 12.3. The molecule has 0 fully saturated rings. The Morgan fingerprint density at radius 2 is 1.90 bits per heavy atom. The van der Waals surface area contributed by atoms with Crippen LogP contribution < -0.4 is 5.32 Å². The number of nitrogens with one attached hydrogen (secondary N) is 1. The summed E-state index contributed by atoms with van der Waals surface area (Å²) in [5, 5.41) is 2.84. The van der Waals surface area contributed by atoms with E-state index in [2.05, 4.69) is 27.9 Å². The van der Waals surface area contributed by atoms with Crippen LogP contribution in [-0.2, 0) is 0 Å². The molecule has 0 saturated heterocycles. The van der Waals surface area contributed by atoms with E-state index in [4.69, 9.17) is 0 Å². The molecule has 20 heavy (non-hydrogen) atoms. The molecule has 0 aliphatic heterocycles. The van der Waals surface area contributed by atoms with Gasteiger partial charge >= 0.3 is 0 Å². The molecule has 0 saturated carbocycles. The van der Waals surface area contributed by atoms with Crippen LogP contribution in [0.4, 0.5) is 4.39 Å². The van der Waals surface area contributed by atoms with Gasteiger partial charge in [-0.1, -0.05) is 30.3 Å². The number of carbonyl (C=O) groups is 1. The molecule has 0 heterocycles. The van der Waals surface area contributed by atoms with Gasteiger partial charge in [-0.3, -0.25) is 4.79 Å². The number of benzene rings is 2. The number of carbonyl (C=O) groups excluding carboxylic acids is 1. The molecule has 1 N–H and O–H groups in total. The fourth-order valence-electron chi connectivity index (χ4n) is 2.00. The van der Waals surface area contributed by atoms with Crippen LogP contribution in [0.1, 0.15) is 34.5 Å². The Labute approximate surface area is 131 Å². The summed E-state index contributed by atoms with van der Waals surface area (Å²) in [6, 6.07) is 11.7. The van der Waals surface area contributed by atoms with Crippen LogP contribution in [0.2, 0.25) is 0 Å². The topological polar surface area (TPSA) is 29.1 Å². The third-order valence-corrected chi connectivity index (χ3v) is 4.59. The number of halogens is 2. The molecule has 104 valence electrons. The van der Waals surface area contributed by atoms with Gasteiger partial charge in [0.15, 0.2) is 0 Å². The summed E-state index contributed by atoms with van der Waals surface area (Å²) < 4.78 is 14.6. The molecule has 2 aromatic carbocycles. The van der Waals surface area contributed by atoms with Gasteiger partial charge in [0.05, 0.1) is 11.6 Å². The monoisotopic (exact) mass is 383 g/mol. The second-order valence-corrected chi connectivity index (χ2v) is 5.73. The van der Waals surface area contributed by atoms with Crippen LogP contribution in [0.3, 0.4) is 0 Å². The highest BCUT2D eigenvalue weighted by Gasteiger charge is 2.16. The van der Waals surface area contributed by atoms with E-state index in [1.165, 1.54) is 6.07 Å². The molecule has 0 aliphatic rings. The molecule has 0 aliphatic carbocycles. The SMILES string of the molecule is Cc1cccc(C(=O)NC(C)c2ccccc2F)c1I. The lowest BCUT2D eigenvalue weighted by atomic mass is 10.1. The third kappa shape index (κ3) is 3.17. The first-order valence-corrected chi connectivity index (χ1v) is 7.39. The maximum Gasteiger partial charge on any atom is 0.252 e. The zero-order chi connectivity index (χ0) is 14.7. The molecule has 1 amide bonds. The largest absolute Gasteiger partial charge is 0.345 e. The van der Waals surface area contributed by atoms with Crippen molar-refractivity contribution in [1.82, 2.24) is 5.32 Å². The number of hydrogen-bond donors (Lipinski definition) is 1. The molecular weight excluding hydrogens is 368 g/mol.